The van der Waals surface area contributed by atoms with Crippen LogP contribution in [0.5, 0.6) is 0 Å². The quantitative estimate of drug-likeness (QED) is 0.851. The molecule has 0 bridgehead atoms. The highest BCUT2D eigenvalue weighted by Gasteiger charge is 2.20. The highest BCUT2D eigenvalue weighted by atomic mass is 35.5. The lowest BCUT2D eigenvalue weighted by molar-refractivity contribution is -0.123. The minimum atomic E-state index is -0.959. The maximum absolute atomic E-state index is 12.0. The molecule has 0 saturated carbocycles. The van der Waals surface area contributed by atoms with Crippen LogP contribution < -0.4 is 5.32 Å². The average Bonchev–Trinajstić information content (AvgIpc) is 2.49. The van der Waals surface area contributed by atoms with Gasteiger partial charge in [0.05, 0.1) is 10.6 Å². The van der Waals surface area contributed by atoms with Crippen LogP contribution in [0.1, 0.15) is 17.3 Å². The largest absolute Gasteiger partial charge is 0.449 e. The van der Waals surface area contributed by atoms with E-state index in [-0.39, 0.29) is 10.6 Å². The minimum Gasteiger partial charge on any atom is -0.449 e. The van der Waals surface area contributed by atoms with Crippen molar-refractivity contribution in [3.8, 4) is 0 Å². The van der Waals surface area contributed by atoms with Crippen LogP contribution in [0.2, 0.25) is 10.0 Å². The second kappa shape index (κ2) is 7.29. The van der Waals surface area contributed by atoms with Crippen molar-refractivity contribution in [3.63, 3.8) is 0 Å². The Kier molecular flexibility index (Phi) is 5.41. The summed E-state index contributed by atoms with van der Waals surface area (Å²) in [5, 5.41) is 3.47. The van der Waals surface area contributed by atoms with Gasteiger partial charge in [0.1, 0.15) is 0 Å². The zero-order valence-corrected chi connectivity index (χ0v) is 13.2. The molecule has 6 heteroatoms. The van der Waals surface area contributed by atoms with E-state index in [0.717, 1.165) is 0 Å². The summed E-state index contributed by atoms with van der Waals surface area (Å²) in [6.07, 6.45) is -0.959. The Bertz CT molecular complexity index is 686. The van der Waals surface area contributed by atoms with Gasteiger partial charge in [0.15, 0.2) is 6.10 Å². The second-order valence-corrected chi connectivity index (χ2v) is 5.37. The minimum absolute atomic E-state index is 0.218. The number of carbonyl (C=O) groups is 2. The summed E-state index contributed by atoms with van der Waals surface area (Å²) in [6, 6.07) is 13.1. The number of halogens is 2. The van der Waals surface area contributed by atoms with Gasteiger partial charge in [-0.1, -0.05) is 35.3 Å². The molecule has 0 unspecified atom stereocenters. The van der Waals surface area contributed by atoms with Gasteiger partial charge < -0.3 is 10.1 Å². The molecule has 0 aromatic heterocycles. The Labute approximate surface area is 138 Å². The molecule has 1 N–H and O–H groups in total. The van der Waals surface area contributed by atoms with Crippen molar-refractivity contribution in [2.75, 3.05) is 5.32 Å². The maximum atomic E-state index is 12.0. The van der Waals surface area contributed by atoms with Crippen LogP contribution in [0, 0.1) is 0 Å². The van der Waals surface area contributed by atoms with E-state index in [4.69, 9.17) is 27.9 Å². The zero-order chi connectivity index (χ0) is 16.1. The highest BCUT2D eigenvalue weighted by Crippen LogP contribution is 2.17. The lowest BCUT2D eigenvalue weighted by Crippen LogP contribution is -2.30. The second-order valence-electron chi connectivity index (χ2n) is 4.52. The number of anilines is 1. The Hall–Kier alpha value is -2.04. The van der Waals surface area contributed by atoms with E-state index in [1.54, 1.807) is 42.5 Å². The molecule has 2 aromatic rings. The number of nitrogens with one attached hydrogen (secondary N) is 1. The molecule has 0 heterocycles. The highest BCUT2D eigenvalue weighted by molar-refractivity contribution is 6.33. The number of rotatable bonds is 4. The molecule has 0 spiro atoms. The van der Waals surface area contributed by atoms with E-state index in [9.17, 15) is 9.59 Å². The monoisotopic (exact) mass is 337 g/mol. The Morgan fingerprint density at radius 1 is 1.05 bits per heavy atom. The van der Waals surface area contributed by atoms with Crippen molar-refractivity contribution in [1.29, 1.82) is 0 Å². The summed E-state index contributed by atoms with van der Waals surface area (Å²) in [5.41, 5.74) is 0.783. The number of hydrogen-bond acceptors (Lipinski definition) is 3. The molecular formula is C16H13Cl2NO3. The number of benzene rings is 2. The summed E-state index contributed by atoms with van der Waals surface area (Å²) in [5.74, 6) is -1.09. The van der Waals surface area contributed by atoms with Crippen LogP contribution in [0.3, 0.4) is 0 Å². The molecule has 1 atom stereocenters. The van der Waals surface area contributed by atoms with Crippen molar-refractivity contribution in [2.45, 2.75) is 13.0 Å². The van der Waals surface area contributed by atoms with Gasteiger partial charge in [-0.25, -0.2) is 4.79 Å². The molecule has 0 fully saturated rings. The van der Waals surface area contributed by atoms with Crippen LogP contribution in [-0.2, 0) is 9.53 Å². The molecule has 114 valence electrons. The van der Waals surface area contributed by atoms with E-state index >= 15 is 0 Å². The van der Waals surface area contributed by atoms with E-state index in [1.165, 1.54) is 13.0 Å². The van der Waals surface area contributed by atoms with Crippen molar-refractivity contribution < 1.29 is 14.3 Å². The van der Waals surface area contributed by atoms with Crippen LogP contribution in [0.15, 0.2) is 48.5 Å². The summed E-state index contributed by atoms with van der Waals surface area (Å²) in [6.45, 7) is 1.49. The van der Waals surface area contributed by atoms with Crippen molar-refractivity contribution in [1.82, 2.24) is 0 Å². The van der Waals surface area contributed by atoms with Gasteiger partial charge in [-0.05, 0) is 43.3 Å². The third kappa shape index (κ3) is 4.23. The maximum Gasteiger partial charge on any atom is 0.340 e. The van der Waals surface area contributed by atoms with E-state index in [1.807, 2.05) is 0 Å². The summed E-state index contributed by atoms with van der Waals surface area (Å²) in [7, 11) is 0. The fourth-order valence-corrected chi connectivity index (χ4v) is 2.02. The van der Waals surface area contributed by atoms with Crippen LogP contribution in [0.25, 0.3) is 0 Å². The lowest BCUT2D eigenvalue weighted by Gasteiger charge is -2.14. The molecule has 0 aliphatic carbocycles. The van der Waals surface area contributed by atoms with Gasteiger partial charge in [0.2, 0.25) is 0 Å². The lowest BCUT2D eigenvalue weighted by atomic mass is 10.2. The Morgan fingerprint density at radius 2 is 1.68 bits per heavy atom. The van der Waals surface area contributed by atoms with Gasteiger partial charge in [0.25, 0.3) is 5.91 Å². The summed E-state index contributed by atoms with van der Waals surface area (Å²) < 4.78 is 5.11. The smallest absolute Gasteiger partial charge is 0.340 e. The summed E-state index contributed by atoms with van der Waals surface area (Å²) in [4.78, 5) is 24.0. The fourth-order valence-electron chi connectivity index (χ4n) is 1.68. The number of hydrogen-bond donors (Lipinski definition) is 1. The zero-order valence-electron chi connectivity index (χ0n) is 11.7. The van der Waals surface area contributed by atoms with Gasteiger partial charge in [-0.15, -0.1) is 0 Å². The van der Waals surface area contributed by atoms with E-state index in [2.05, 4.69) is 5.32 Å². The standard InChI is InChI=1S/C16H13Cl2NO3/c1-10(15(20)19-12-8-6-11(17)7-9-12)22-16(21)13-4-2-3-5-14(13)18/h2-10H,1H3,(H,19,20)/t10-/m1/s1. The molecule has 2 rings (SSSR count). The molecule has 2 aromatic carbocycles. The predicted molar refractivity (Wildman–Crippen MR) is 86.4 cm³/mol. The fraction of sp³-hybridized carbons (Fsp3) is 0.125. The van der Waals surface area contributed by atoms with E-state index < -0.39 is 18.0 Å². The van der Waals surface area contributed by atoms with Crippen molar-refractivity contribution in [3.05, 3.63) is 64.1 Å². The molecule has 0 aliphatic rings. The third-order valence-electron chi connectivity index (χ3n) is 2.86. The Balaban J connectivity index is 1.98. The number of esters is 1. The first-order valence-corrected chi connectivity index (χ1v) is 7.25. The topological polar surface area (TPSA) is 55.4 Å². The predicted octanol–water partition coefficient (Wildman–Crippen LogP) is 4.18. The molecule has 4 nitrogen and oxygen atoms in total. The molecule has 22 heavy (non-hydrogen) atoms. The number of amides is 1. The Morgan fingerprint density at radius 3 is 2.32 bits per heavy atom. The van der Waals surface area contributed by atoms with Gasteiger partial charge in [0, 0.05) is 10.7 Å². The van der Waals surface area contributed by atoms with E-state index in [0.29, 0.717) is 10.7 Å². The SMILES string of the molecule is C[C@@H](OC(=O)c1ccccc1Cl)C(=O)Nc1ccc(Cl)cc1. The van der Waals surface area contributed by atoms with Crippen LogP contribution in [0.4, 0.5) is 5.69 Å². The van der Waals surface area contributed by atoms with Gasteiger partial charge in [-0.3, -0.25) is 4.79 Å². The normalized spacial score (nSPS) is 11.6. The van der Waals surface area contributed by atoms with Crippen LogP contribution >= 0.6 is 23.2 Å². The molecule has 0 saturated heterocycles. The third-order valence-corrected chi connectivity index (χ3v) is 3.44. The first-order valence-electron chi connectivity index (χ1n) is 6.49. The van der Waals surface area contributed by atoms with Gasteiger partial charge >= 0.3 is 5.97 Å². The first kappa shape index (κ1) is 16.3. The van der Waals surface area contributed by atoms with Gasteiger partial charge in [-0.2, -0.15) is 0 Å². The average molecular weight is 338 g/mol. The summed E-state index contributed by atoms with van der Waals surface area (Å²) >= 11 is 11.7. The molecular weight excluding hydrogens is 325 g/mol. The first-order chi connectivity index (χ1) is 10.5. The molecule has 1 amide bonds. The number of carbonyl (C=O) groups excluding carboxylic acids is 2. The van der Waals surface area contributed by atoms with Crippen molar-refractivity contribution >= 4 is 40.8 Å². The van der Waals surface area contributed by atoms with Crippen LogP contribution in [-0.4, -0.2) is 18.0 Å². The molecule has 0 aliphatic heterocycles. The molecule has 0 radical (unpaired) electrons. The number of ether oxygens (including phenoxy) is 1. The van der Waals surface area contributed by atoms with Crippen molar-refractivity contribution in [2.24, 2.45) is 0 Å².